The molecule has 0 saturated carbocycles. The van der Waals surface area contributed by atoms with Gasteiger partial charge in [0.2, 0.25) is 0 Å². The number of hydrogen-bond donors (Lipinski definition) is 1. The number of anilines is 1. The van der Waals surface area contributed by atoms with Crippen LogP contribution in [-0.4, -0.2) is 30.0 Å². The number of aryl methyl sites for hydroxylation is 1. The number of carbonyl (C=O) groups is 1. The van der Waals surface area contributed by atoms with Gasteiger partial charge in [0.15, 0.2) is 0 Å². The van der Waals surface area contributed by atoms with Crippen molar-refractivity contribution in [3.05, 3.63) is 53.0 Å². The maximum Gasteiger partial charge on any atom is 0.416 e. The maximum absolute atomic E-state index is 12.7. The van der Waals surface area contributed by atoms with Gasteiger partial charge in [-0.15, -0.1) is 0 Å². The smallest absolute Gasteiger partial charge is 0.363 e. The van der Waals surface area contributed by atoms with Crippen molar-refractivity contribution in [3.8, 4) is 0 Å². The normalized spacial score (nSPS) is 11.2. The number of nitrogens with one attached hydrogen (secondary N) is 1. The highest BCUT2D eigenvalue weighted by molar-refractivity contribution is 5.94. The maximum atomic E-state index is 12.7. The Kier molecular flexibility index (Phi) is 5.06. The van der Waals surface area contributed by atoms with Gasteiger partial charge in [0, 0.05) is 31.4 Å². The van der Waals surface area contributed by atoms with Crippen molar-refractivity contribution in [2.75, 3.05) is 19.0 Å². The Labute approximate surface area is 137 Å². The summed E-state index contributed by atoms with van der Waals surface area (Å²) in [6, 6.07) is 6.05. The second-order valence-corrected chi connectivity index (χ2v) is 5.44. The molecule has 0 radical (unpaired) electrons. The van der Waals surface area contributed by atoms with E-state index in [1.807, 2.05) is 14.1 Å². The van der Waals surface area contributed by atoms with Gasteiger partial charge in [0.1, 0.15) is 11.6 Å². The Balaban J connectivity index is 2.11. The zero-order valence-electron chi connectivity index (χ0n) is 13.5. The lowest BCUT2D eigenvalue weighted by atomic mass is 10.1. The molecule has 0 fully saturated rings. The van der Waals surface area contributed by atoms with Crippen LogP contribution in [-0.2, 0) is 12.7 Å². The molecule has 0 saturated heterocycles. The molecule has 0 aliphatic heterocycles. The lowest BCUT2D eigenvalue weighted by Gasteiger charge is -2.13. The van der Waals surface area contributed by atoms with E-state index in [9.17, 15) is 18.0 Å². The number of amides is 1. The Morgan fingerprint density at radius 1 is 1.21 bits per heavy atom. The standard InChI is InChI=1S/C16H17F3N4O/c1-10-7-14(23(2)3)22-13(21-10)9-20-15(24)11-5-4-6-12(8-11)16(17,18)19/h4-8H,9H2,1-3H3,(H,20,24). The summed E-state index contributed by atoms with van der Waals surface area (Å²) in [5.74, 6) is 0.461. The fourth-order valence-electron chi connectivity index (χ4n) is 2.02. The topological polar surface area (TPSA) is 58.1 Å². The lowest BCUT2D eigenvalue weighted by Crippen LogP contribution is -2.25. The Bertz CT molecular complexity index is 744. The van der Waals surface area contributed by atoms with Crippen LogP contribution in [0, 0.1) is 6.92 Å². The van der Waals surface area contributed by atoms with Crippen molar-refractivity contribution < 1.29 is 18.0 Å². The number of benzene rings is 1. The molecule has 2 rings (SSSR count). The SMILES string of the molecule is Cc1cc(N(C)C)nc(CNC(=O)c2cccc(C(F)(F)F)c2)n1. The van der Waals surface area contributed by atoms with Crippen molar-refractivity contribution in [2.24, 2.45) is 0 Å². The van der Waals surface area contributed by atoms with Crippen LogP contribution in [0.5, 0.6) is 0 Å². The van der Waals surface area contributed by atoms with E-state index in [0.29, 0.717) is 11.6 Å². The number of nitrogens with zero attached hydrogens (tertiary/aromatic N) is 3. The molecule has 5 nitrogen and oxygen atoms in total. The summed E-state index contributed by atoms with van der Waals surface area (Å²) in [4.78, 5) is 22.3. The highest BCUT2D eigenvalue weighted by Gasteiger charge is 2.30. The molecule has 0 bridgehead atoms. The average molecular weight is 338 g/mol. The summed E-state index contributed by atoms with van der Waals surface area (Å²) in [5.41, 5.74) is -0.195. The van der Waals surface area contributed by atoms with Gasteiger partial charge in [-0.3, -0.25) is 4.79 Å². The third-order valence-corrected chi connectivity index (χ3v) is 3.20. The van der Waals surface area contributed by atoms with E-state index in [2.05, 4.69) is 15.3 Å². The first-order valence-corrected chi connectivity index (χ1v) is 7.14. The van der Waals surface area contributed by atoms with Gasteiger partial charge < -0.3 is 10.2 Å². The van der Waals surface area contributed by atoms with Gasteiger partial charge in [0.25, 0.3) is 5.91 Å². The molecule has 1 heterocycles. The number of halogens is 3. The molecule has 8 heteroatoms. The Morgan fingerprint density at radius 3 is 2.54 bits per heavy atom. The second kappa shape index (κ2) is 6.86. The molecule has 1 aromatic heterocycles. The number of carbonyl (C=O) groups excluding carboxylic acids is 1. The van der Waals surface area contributed by atoms with Crippen LogP contribution in [0.2, 0.25) is 0 Å². The number of hydrogen-bond acceptors (Lipinski definition) is 4. The fourth-order valence-corrected chi connectivity index (χ4v) is 2.02. The van der Waals surface area contributed by atoms with Crippen molar-refractivity contribution in [2.45, 2.75) is 19.6 Å². The van der Waals surface area contributed by atoms with E-state index in [4.69, 9.17) is 0 Å². The molecular formula is C16H17F3N4O. The molecule has 0 atom stereocenters. The van der Waals surface area contributed by atoms with Gasteiger partial charge in [0.05, 0.1) is 12.1 Å². The van der Waals surface area contributed by atoms with Crippen LogP contribution in [0.3, 0.4) is 0 Å². The van der Waals surface area contributed by atoms with Crippen LogP contribution >= 0.6 is 0 Å². The molecular weight excluding hydrogens is 321 g/mol. The van der Waals surface area contributed by atoms with Gasteiger partial charge in [-0.1, -0.05) is 6.07 Å². The average Bonchev–Trinajstić information content (AvgIpc) is 2.51. The molecule has 2 aromatic rings. The highest BCUT2D eigenvalue weighted by atomic mass is 19.4. The number of rotatable bonds is 4. The third-order valence-electron chi connectivity index (χ3n) is 3.20. The first-order chi connectivity index (χ1) is 11.2. The summed E-state index contributed by atoms with van der Waals surface area (Å²) in [6.07, 6.45) is -4.49. The lowest BCUT2D eigenvalue weighted by molar-refractivity contribution is -0.137. The third kappa shape index (κ3) is 4.43. The fraction of sp³-hybridized carbons (Fsp3) is 0.312. The van der Waals surface area contributed by atoms with Gasteiger partial charge in [-0.25, -0.2) is 9.97 Å². The predicted molar refractivity (Wildman–Crippen MR) is 83.7 cm³/mol. The minimum Gasteiger partial charge on any atom is -0.363 e. The number of aromatic nitrogens is 2. The van der Waals surface area contributed by atoms with Crippen molar-refractivity contribution in [1.29, 1.82) is 0 Å². The van der Waals surface area contributed by atoms with E-state index in [1.54, 1.807) is 17.9 Å². The van der Waals surface area contributed by atoms with Crippen LogP contribution < -0.4 is 10.2 Å². The van der Waals surface area contributed by atoms with Gasteiger partial charge in [-0.05, 0) is 25.1 Å². The van der Waals surface area contributed by atoms with Crippen LogP contribution in [0.4, 0.5) is 19.0 Å². The highest BCUT2D eigenvalue weighted by Crippen LogP contribution is 2.29. The summed E-state index contributed by atoms with van der Waals surface area (Å²) in [7, 11) is 3.65. The largest absolute Gasteiger partial charge is 0.416 e. The summed E-state index contributed by atoms with van der Waals surface area (Å²) < 4.78 is 38.1. The summed E-state index contributed by atoms with van der Waals surface area (Å²) in [5, 5.41) is 2.54. The zero-order valence-corrected chi connectivity index (χ0v) is 13.5. The molecule has 24 heavy (non-hydrogen) atoms. The van der Waals surface area contributed by atoms with E-state index in [1.165, 1.54) is 12.1 Å². The van der Waals surface area contributed by atoms with Crippen molar-refractivity contribution in [1.82, 2.24) is 15.3 Å². The molecule has 0 spiro atoms. The molecule has 0 aliphatic rings. The first-order valence-electron chi connectivity index (χ1n) is 7.14. The Hall–Kier alpha value is -2.64. The molecule has 0 unspecified atom stereocenters. The Morgan fingerprint density at radius 2 is 1.92 bits per heavy atom. The van der Waals surface area contributed by atoms with E-state index in [0.717, 1.165) is 17.8 Å². The molecule has 1 N–H and O–H groups in total. The van der Waals surface area contributed by atoms with Crippen LogP contribution in [0.1, 0.15) is 27.4 Å². The van der Waals surface area contributed by atoms with E-state index >= 15 is 0 Å². The van der Waals surface area contributed by atoms with Crippen LogP contribution in [0.25, 0.3) is 0 Å². The van der Waals surface area contributed by atoms with Gasteiger partial charge >= 0.3 is 6.18 Å². The van der Waals surface area contributed by atoms with Crippen LogP contribution in [0.15, 0.2) is 30.3 Å². The minimum atomic E-state index is -4.49. The van der Waals surface area contributed by atoms with Crippen molar-refractivity contribution in [3.63, 3.8) is 0 Å². The predicted octanol–water partition coefficient (Wildman–Crippen LogP) is 2.80. The zero-order chi connectivity index (χ0) is 17.9. The van der Waals surface area contributed by atoms with E-state index < -0.39 is 17.6 Å². The summed E-state index contributed by atoms with van der Waals surface area (Å²) in [6.45, 7) is 1.82. The molecule has 0 aliphatic carbocycles. The molecule has 128 valence electrons. The first kappa shape index (κ1) is 17.7. The van der Waals surface area contributed by atoms with Crippen molar-refractivity contribution >= 4 is 11.7 Å². The minimum absolute atomic E-state index is 0.0254. The molecule has 1 amide bonds. The van der Waals surface area contributed by atoms with E-state index in [-0.39, 0.29) is 12.1 Å². The molecule has 1 aromatic carbocycles. The number of alkyl halides is 3. The quantitative estimate of drug-likeness (QED) is 0.931. The van der Waals surface area contributed by atoms with Gasteiger partial charge in [-0.2, -0.15) is 13.2 Å². The monoisotopic (exact) mass is 338 g/mol. The summed E-state index contributed by atoms with van der Waals surface area (Å²) >= 11 is 0. The second-order valence-electron chi connectivity index (χ2n) is 5.44.